The second-order valence-electron chi connectivity index (χ2n) is 4.02. The molecule has 0 aliphatic carbocycles. The van der Waals surface area contributed by atoms with Gasteiger partial charge in [-0.15, -0.1) is 0 Å². The molecule has 0 bridgehead atoms. The molecule has 84 valence electrons. The Balaban J connectivity index is 2.50. The van der Waals surface area contributed by atoms with Crippen molar-refractivity contribution in [3.63, 3.8) is 0 Å². The highest BCUT2D eigenvalue weighted by Gasteiger charge is 1.99. The molecule has 0 saturated heterocycles. The number of hydrogen-bond donors (Lipinski definition) is 1. The van der Waals surface area contributed by atoms with Crippen molar-refractivity contribution in [3.05, 3.63) is 29.8 Å². The van der Waals surface area contributed by atoms with Crippen LogP contribution in [0.1, 0.15) is 25.8 Å². The van der Waals surface area contributed by atoms with Crippen LogP contribution in [0, 0.1) is 0 Å². The molecule has 0 spiro atoms. The summed E-state index contributed by atoms with van der Waals surface area (Å²) in [6.45, 7) is 5.16. The van der Waals surface area contributed by atoms with Crippen molar-refractivity contribution in [3.8, 4) is 5.75 Å². The molecule has 0 atom stereocenters. The summed E-state index contributed by atoms with van der Waals surface area (Å²) in [5, 5.41) is 3.15. The molecule has 0 heterocycles. The summed E-state index contributed by atoms with van der Waals surface area (Å²) in [4.78, 5) is 0. The lowest BCUT2D eigenvalue weighted by molar-refractivity contribution is 0.242. The van der Waals surface area contributed by atoms with Gasteiger partial charge in [0, 0.05) is 0 Å². The van der Waals surface area contributed by atoms with Crippen molar-refractivity contribution in [2.75, 3.05) is 13.6 Å². The zero-order valence-electron chi connectivity index (χ0n) is 9.92. The molecule has 2 heteroatoms. The predicted molar refractivity (Wildman–Crippen MR) is 64.5 cm³/mol. The predicted octanol–water partition coefficient (Wildman–Crippen LogP) is 2.63. The van der Waals surface area contributed by atoms with Gasteiger partial charge in [0.05, 0.1) is 6.10 Å². The minimum atomic E-state index is 0.248. The third kappa shape index (κ3) is 4.84. The first-order chi connectivity index (χ1) is 7.22. The number of benzene rings is 1. The van der Waals surface area contributed by atoms with Gasteiger partial charge in [-0.1, -0.05) is 12.1 Å². The Morgan fingerprint density at radius 2 is 2.13 bits per heavy atom. The zero-order chi connectivity index (χ0) is 11.1. The molecule has 0 unspecified atom stereocenters. The highest BCUT2D eigenvalue weighted by molar-refractivity contribution is 5.28. The second-order valence-corrected chi connectivity index (χ2v) is 4.02. The monoisotopic (exact) mass is 207 g/mol. The maximum atomic E-state index is 5.65. The molecular weight excluding hydrogens is 186 g/mol. The first-order valence-electron chi connectivity index (χ1n) is 5.62. The third-order valence-corrected chi connectivity index (χ3v) is 2.16. The quantitative estimate of drug-likeness (QED) is 0.724. The fraction of sp³-hybridized carbons (Fsp3) is 0.538. The fourth-order valence-corrected chi connectivity index (χ4v) is 1.52. The van der Waals surface area contributed by atoms with Crippen LogP contribution >= 0.6 is 0 Å². The van der Waals surface area contributed by atoms with Gasteiger partial charge in [-0.25, -0.2) is 0 Å². The molecule has 0 aromatic heterocycles. The van der Waals surface area contributed by atoms with Gasteiger partial charge < -0.3 is 10.1 Å². The molecule has 1 aromatic rings. The summed E-state index contributed by atoms with van der Waals surface area (Å²) in [7, 11) is 1.98. The lowest BCUT2D eigenvalue weighted by Crippen LogP contribution is -2.08. The Labute approximate surface area is 92.6 Å². The van der Waals surface area contributed by atoms with Crippen LogP contribution in [0.4, 0.5) is 0 Å². The van der Waals surface area contributed by atoms with Crippen LogP contribution in [0.15, 0.2) is 24.3 Å². The second kappa shape index (κ2) is 6.46. The molecule has 0 fully saturated rings. The first-order valence-corrected chi connectivity index (χ1v) is 5.62. The van der Waals surface area contributed by atoms with Crippen molar-refractivity contribution in [2.45, 2.75) is 32.8 Å². The average Bonchev–Trinajstić information content (AvgIpc) is 2.18. The number of aryl methyl sites for hydroxylation is 1. The van der Waals surface area contributed by atoms with Gasteiger partial charge in [0.2, 0.25) is 0 Å². The lowest BCUT2D eigenvalue weighted by atomic mass is 10.1. The normalized spacial score (nSPS) is 10.7. The van der Waals surface area contributed by atoms with Crippen LogP contribution in [-0.2, 0) is 6.42 Å². The Morgan fingerprint density at radius 3 is 2.80 bits per heavy atom. The molecule has 2 nitrogen and oxygen atoms in total. The standard InChI is InChI=1S/C13H21NO/c1-11(2)15-13-8-4-6-12(10-13)7-5-9-14-3/h4,6,8,10-11,14H,5,7,9H2,1-3H3. The average molecular weight is 207 g/mol. The van der Waals surface area contributed by atoms with E-state index >= 15 is 0 Å². The SMILES string of the molecule is CNCCCc1cccc(OC(C)C)c1. The fourth-order valence-electron chi connectivity index (χ4n) is 1.52. The molecule has 0 amide bonds. The van der Waals surface area contributed by atoms with Gasteiger partial charge in [0.15, 0.2) is 0 Å². The van der Waals surface area contributed by atoms with Crippen LogP contribution in [-0.4, -0.2) is 19.7 Å². The minimum Gasteiger partial charge on any atom is -0.491 e. The van der Waals surface area contributed by atoms with Gasteiger partial charge in [-0.3, -0.25) is 0 Å². The number of ether oxygens (including phenoxy) is 1. The molecule has 0 radical (unpaired) electrons. The van der Waals surface area contributed by atoms with E-state index in [1.807, 2.05) is 27.0 Å². The van der Waals surface area contributed by atoms with E-state index in [-0.39, 0.29) is 6.10 Å². The Hall–Kier alpha value is -1.02. The number of rotatable bonds is 6. The van der Waals surface area contributed by atoms with Crippen LogP contribution in [0.3, 0.4) is 0 Å². The topological polar surface area (TPSA) is 21.3 Å². The maximum Gasteiger partial charge on any atom is 0.119 e. The van der Waals surface area contributed by atoms with Gasteiger partial charge in [0.1, 0.15) is 5.75 Å². The van der Waals surface area contributed by atoms with Crippen LogP contribution < -0.4 is 10.1 Å². The molecule has 1 N–H and O–H groups in total. The molecular formula is C13H21NO. The summed E-state index contributed by atoms with van der Waals surface area (Å²) in [6, 6.07) is 8.37. The molecule has 0 saturated carbocycles. The van der Waals surface area contributed by atoms with Crippen molar-refractivity contribution in [2.24, 2.45) is 0 Å². The van der Waals surface area contributed by atoms with Crippen molar-refractivity contribution < 1.29 is 4.74 Å². The molecule has 1 aromatic carbocycles. The van der Waals surface area contributed by atoms with Crippen LogP contribution in [0.25, 0.3) is 0 Å². The first kappa shape index (κ1) is 12.1. The molecule has 15 heavy (non-hydrogen) atoms. The van der Waals surface area contributed by atoms with E-state index in [1.54, 1.807) is 0 Å². The highest BCUT2D eigenvalue weighted by Crippen LogP contribution is 2.15. The minimum absolute atomic E-state index is 0.248. The number of hydrogen-bond acceptors (Lipinski definition) is 2. The van der Waals surface area contributed by atoms with Crippen LogP contribution in [0.2, 0.25) is 0 Å². The molecule has 1 rings (SSSR count). The van der Waals surface area contributed by atoms with E-state index < -0.39 is 0 Å². The van der Waals surface area contributed by atoms with Crippen molar-refractivity contribution in [1.29, 1.82) is 0 Å². The summed E-state index contributed by atoms with van der Waals surface area (Å²) in [5.74, 6) is 0.979. The number of nitrogens with one attached hydrogen (secondary N) is 1. The lowest BCUT2D eigenvalue weighted by Gasteiger charge is -2.10. The Morgan fingerprint density at radius 1 is 1.33 bits per heavy atom. The Bertz CT molecular complexity index is 284. The maximum absolute atomic E-state index is 5.65. The van der Waals surface area contributed by atoms with Crippen molar-refractivity contribution in [1.82, 2.24) is 5.32 Å². The van der Waals surface area contributed by atoms with E-state index in [1.165, 1.54) is 12.0 Å². The molecule has 0 aliphatic rings. The van der Waals surface area contributed by atoms with E-state index in [0.717, 1.165) is 18.7 Å². The van der Waals surface area contributed by atoms with E-state index in [9.17, 15) is 0 Å². The van der Waals surface area contributed by atoms with Gasteiger partial charge in [-0.2, -0.15) is 0 Å². The van der Waals surface area contributed by atoms with E-state index in [0.29, 0.717) is 0 Å². The largest absolute Gasteiger partial charge is 0.491 e. The molecule has 0 aliphatic heterocycles. The highest BCUT2D eigenvalue weighted by atomic mass is 16.5. The third-order valence-electron chi connectivity index (χ3n) is 2.16. The summed E-state index contributed by atoms with van der Waals surface area (Å²) in [5.41, 5.74) is 1.35. The summed E-state index contributed by atoms with van der Waals surface area (Å²) < 4.78 is 5.65. The van der Waals surface area contributed by atoms with Gasteiger partial charge >= 0.3 is 0 Å². The smallest absolute Gasteiger partial charge is 0.119 e. The van der Waals surface area contributed by atoms with Gasteiger partial charge in [0.25, 0.3) is 0 Å². The van der Waals surface area contributed by atoms with Crippen molar-refractivity contribution >= 4 is 0 Å². The summed E-state index contributed by atoms with van der Waals surface area (Å²) >= 11 is 0. The van der Waals surface area contributed by atoms with Gasteiger partial charge in [-0.05, 0) is 58.0 Å². The van der Waals surface area contributed by atoms with E-state index in [4.69, 9.17) is 4.74 Å². The Kier molecular flexibility index (Phi) is 5.19. The summed E-state index contributed by atoms with van der Waals surface area (Å²) in [6.07, 6.45) is 2.52. The van der Waals surface area contributed by atoms with Crippen LogP contribution in [0.5, 0.6) is 5.75 Å². The van der Waals surface area contributed by atoms with E-state index in [2.05, 4.69) is 23.5 Å². The zero-order valence-corrected chi connectivity index (χ0v) is 9.92.